The van der Waals surface area contributed by atoms with E-state index in [4.69, 9.17) is 0 Å². The lowest BCUT2D eigenvalue weighted by molar-refractivity contribution is 0.578. The number of hydrogen-bond donors (Lipinski definition) is 0. The molecule has 0 bridgehead atoms. The minimum absolute atomic E-state index is 0.782. The molecule has 80 valence electrons. The lowest BCUT2D eigenvalue weighted by Gasteiger charge is -2.22. The highest BCUT2D eigenvalue weighted by atomic mass is 14.2. The first kappa shape index (κ1) is 11.6. The van der Waals surface area contributed by atoms with E-state index in [1.165, 1.54) is 25.7 Å². The van der Waals surface area contributed by atoms with Crippen molar-refractivity contribution in [3.63, 3.8) is 0 Å². The smallest absolute Gasteiger partial charge is 0.0231 e. The fourth-order valence-electron chi connectivity index (χ4n) is 2.02. The molecule has 14 heavy (non-hydrogen) atoms. The molecule has 0 spiro atoms. The van der Waals surface area contributed by atoms with Gasteiger partial charge < -0.3 is 0 Å². The Kier molecular flexibility index (Phi) is 4.44. The SMILES string of the molecule is CCC(C)C1=CC=C(C(C)CC)CC1. The molecule has 0 amide bonds. The van der Waals surface area contributed by atoms with Crippen LogP contribution in [0.4, 0.5) is 0 Å². The van der Waals surface area contributed by atoms with E-state index in [-0.39, 0.29) is 0 Å². The Morgan fingerprint density at radius 1 is 0.929 bits per heavy atom. The second-order valence-electron chi connectivity index (χ2n) is 4.60. The third kappa shape index (κ3) is 2.73. The van der Waals surface area contributed by atoms with Gasteiger partial charge >= 0.3 is 0 Å². The molecule has 0 aromatic heterocycles. The highest BCUT2D eigenvalue weighted by molar-refractivity contribution is 5.26. The fraction of sp³-hybridized carbons (Fsp3) is 0.714. The molecule has 0 radical (unpaired) electrons. The third-order valence-corrected chi connectivity index (χ3v) is 3.70. The van der Waals surface area contributed by atoms with Crippen LogP contribution in [0.3, 0.4) is 0 Å². The van der Waals surface area contributed by atoms with Crippen LogP contribution >= 0.6 is 0 Å². The number of rotatable bonds is 4. The van der Waals surface area contributed by atoms with E-state index in [0.29, 0.717) is 0 Å². The van der Waals surface area contributed by atoms with Gasteiger partial charge in [-0.3, -0.25) is 0 Å². The van der Waals surface area contributed by atoms with Gasteiger partial charge in [0.1, 0.15) is 0 Å². The van der Waals surface area contributed by atoms with Crippen molar-refractivity contribution in [1.29, 1.82) is 0 Å². The standard InChI is InChI=1S/C14H24/c1-5-11(3)13-7-9-14(10-8-13)12(4)6-2/h7,9,11-12H,5-6,8,10H2,1-4H3. The van der Waals surface area contributed by atoms with E-state index >= 15 is 0 Å². The van der Waals surface area contributed by atoms with Gasteiger partial charge in [-0.15, -0.1) is 0 Å². The maximum Gasteiger partial charge on any atom is -0.0231 e. The molecule has 0 saturated carbocycles. The van der Waals surface area contributed by atoms with Crippen molar-refractivity contribution in [3.8, 4) is 0 Å². The normalized spacial score (nSPS) is 21.1. The van der Waals surface area contributed by atoms with E-state index < -0.39 is 0 Å². The van der Waals surface area contributed by atoms with Crippen molar-refractivity contribution in [2.45, 2.75) is 53.4 Å². The quantitative estimate of drug-likeness (QED) is 0.604. The summed E-state index contributed by atoms with van der Waals surface area (Å²) in [6.45, 7) is 9.24. The third-order valence-electron chi connectivity index (χ3n) is 3.70. The monoisotopic (exact) mass is 192 g/mol. The molecule has 1 rings (SSSR count). The van der Waals surface area contributed by atoms with Gasteiger partial charge in [-0.2, -0.15) is 0 Å². The molecular formula is C14H24. The summed E-state index contributed by atoms with van der Waals surface area (Å²) in [6, 6.07) is 0. The van der Waals surface area contributed by atoms with Crippen molar-refractivity contribution in [3.05, 3.63) is 23.3 Å². The Labute approximate surface area is 89.1 Å². The Morgan fingerprint density at radius 3 is 1.50 bits per heavy atom. The first-order valence-corrected chi connectivity index (χ1v) is 6.08. The Balaban J connectivity index is 2.63. The molecule has 2 unspecified atom stereocenters. The van der Waals surface area contributed by atoms with Crippen LogP contribution in [0.25, 0.3) is 0 Å². The molecule has 1 aliphatic carbocycles. The van der Waals surface area contributed by atoms with Gasteiger partial charge in [-0.1, -0.05) is 51.0 Å². The topological polar surface area (TPSA) is 0 Å². The highest BCUT2D eigenvalue weighted by Gasteiger charge is 2.13. The minimum atomic E-state index is 0.782. The van der Waals surface area contributed by atoms with Crippen LogP contribution in [-0.4, -0.2) is 0 Å². The van der Waals surface area contributed by atoms with Crippen LogP contribution in [0.2, 0.25) is 0 Å². The highest BCUT2D eigenvalue weighted by Crippen LogP contribution is 2.30. The predicted octanol–water partition coefficient (Wildman–Crippen LogP) is 4.73. The van der Waals surface area contributed by atoms with Crippen LogP contribution in [0, 0.1) is 11.8 Å². The van der Waals surface area contributed by atoms with Crippen molar-refractivity contribution in [1.82, 2.24) is 0 Å². The van der Waals surface area contributed by atoms with E-state index in [1.54, 1.807) is 11.1 Å². The van der Waals surface area contributed by atoms with Crippen LogP contribution in [-0.2, 0) is 0 Å². The molecule has 0 saturated heterocycles. The number of hydrogen-bond acceptors (Lipinski definition) is 0. The molecule has 0 aromatic rings. The first-order chi connectivity index (χ1) is 6.69. The van der Waals surface area contributed by atoms with Gasteiger partial charge in [-0.25, -0.2) is 0 Å². The second kappa shape index (κ2) is 5.38. The molecule has 0 aliphatic heterocycles. The summed E-state index contributed by atoms with van der Waals surface area (Å²) >= 11 is 0. The molecule has 0 N–H and O–H groups in total. The molecule has 0 fully saturated rings. The lowest BCUT2D eigenvalue weighted by atomic mass is 9.84. The molecule has 0 heteroatoms. The summed E-state index contributed by atoms with van der Waals surface area (Å²) in [5.74, 6) is 1.56. The van der Waals surface area contributed by atoms with Gasteiger partial charge in [0, 0.05) is 0 Å². The maximum atomic E-state index is 2.37. The zero-order valence-electron chi connectivity index (χ0n) is 10.1. The van der Waals surface area contributed by atoms with Gasteiger partial charge in [0.15, 0.2) is 0 Å². The largest absolute Gasteiger partial charge is 0.0671 e. The van der Waals surface area contributed by atoms with Crippen LogP contribution in [0.5, 0.6) is 0 Å². The lowest BCUT2D eigenvalue weighted by Crippen LogP contribution is -2.06. The zero-order chi connectivity index (χ0) is 10.6. The van der Waals surface area contributed by atoms with E-state index in [9.17, 15) is 0 Å². The average Bonchev–Trinajstić information content (AvgIpc) is 2.27. The van der Waals surface area contributed by atoms with Gasteiger partial charge in [-0.05, 0) is 37.5 Å². The van der Waals surface area contributed by atoms with Crippen LogP contribution in [0.15, 0.2) is 23.3 Å². The summed E-state index contributed by atoms with van der Waals surface area (Å²) in [5, 5.41) is 0. The van der Waals surface area contributed by atoms with E-state index in [0.717, 1.165) is 11.8 Å². The summed E-state index contributed by atoms with van der Waals surface area (Å²) in [5.41, 5.74) is 3.30. The van der Waals surface area contributed by atoms with Gasteiger partial charge in [0.2, 0.25) is 0 Å². The number of allylic oxidation sites excluding steroid dienone is 4. The van der Waals surface area contributed by atoms with E-state index in [2.05, 4.69) is 39.8 Å². The maximum absolute atomic E-state index is 2.37. The van der Waals surface area contributed by atoms with Crippen molar-refractivity contribution in [2.24, 2.45) is 11.8 Å². The Bertz CT molecular complexity index is 206. The van der Waals surface area contributed by atoms with Gasteiger partial charge in [0.05, 0.1) is 0 Å². The average molecular weight is 192 g/mol. The summed E-state index contributed by atoms with van der Waals surface area (Å²) in [6.07, 6.45) is 9.89. The van der Waals surface area contributed by atoms with Crippen LogP contribution in [0.1, 0.15) is 53.4 Å². The van der Waals surface area contributed by atoms with Gasteiger partial charge in [0.25, 0.3) is 0 Å². The van der Waals surface area contributed by atoms with Crippen molar-refractivity contribution >= 4 is 0 Å². The molecule has 1 aliphatic rings. The van der Waals surface area contributed by atoms with Crippen molar-refractivity contribution < 1.29 is 0 Å². The zero-order valence-corrected chi connectivity index (χ0v) is 10.1. The second-order valence-corrected chi connectivity index (χ2v) is 4.60. The fourth-order valence-corrected chi connectivity index (χ4v) is 2.02. The molecule has 0 nitrogen and oxygen atoms in total. The minimum Gasteiger partial charge on any atom is -0.0671 e. The summed E-state index contributed by atoms with van der Waals surface area (Å²) < 4.78 is 0. The molecule has 0 heterocycles. The molecular weight excluding hydrogens is 168 g/mol. The Morgan fingerprint density at radius 2 is 1.29 bits per heavy atom. The summed E-state index contributed by atoms with van der Waals surface area (Å²) in [7, 11) is 0. The molecule has 0 aromatic carbocycles. The van der Waals surface area contributed by atoms with Crippen LogP contribution < -0.4 is 0 Å². The predicted molar refractivity (Wildman–Crippen MR) is 64.3 cm³/mol. The molecule has 2 atom stereocenters. The van der Waals surface area contributed by atoms with E-state index in [1.807, 2.05) is 0 Å². The summed E-state index contributed by atoms with van der Waals surface area (Å²) in [4.78, 5) is 0. The van der Waals surface area contributed by atoms with Crippen molar-refractivity contribution in [2.75, 3.05) is 0 Å². The first-order valence-electron chi connectivity index (χ1n) is 6.08. The Hall–Kier alpha value is -0.520.